The van der Waals surface area contributed by atoms with Crippen molar-refractivity contribution in [2.75, 3.05) is 6.61 Å². The van der Waals surface area contributed by atoms with Gasteiger partial charge in [0, 0.05) is 0 Å². The molecule has 26 heavy (non-hydrogen) atoms. The van der Waals surface area contributed by atoms with Crippen molar-refractivity contribution in [3.8, 4) is 16.9 Å². The van der Waals surface area contributed by atoms with Crippen LogP contribution in [-0.2, 0) is 0 Å². The summed E-state index contributed by atoms with van der Waals surface area (Å²) in [5, 5.41) is 0. The highest BCUT2D eigenvalue weighted by molar-refractivity contribution is 5.64. The molecule has 2 aromatic rings. The van der Waals surface area contributed by atoms with E-state index in [2.05, 4.69) is 62.4 Å². The van der Waals surface area contributed by atoms with E-state index in [9.17, 15) is 0 Å². The van der Waals surface area contributed by atoms with E-state index in [-0.39, 0.29) is 0 Å². The maximum absolute atomic E-state index is 5.89. The molecule has 0 aromatic heterocycles. The average molecular weight is 353 g/mol. The molecule has 0 unspecified atom stereocenters. The Bertz CT molecular complexity index is 583. The van der Waals surface area contributed by atoms with Crippen LogP contribution >= 0.6 is 0 Å². The summed E-state index contributed by atoms with van der Waals surface area (Å²) >= 11 is 0. The lowest BCUT2D eigenvalue weighted by Gasteiger charge is -2.08. The van der Waals surface area contributed by atoms with E-state index in [0.717, 1.165) is 18.8 Å². The highest BCUT2D eigenvalue weighted by Gasteiger charge is 1.99. The Balaban J connectivity index is 1.54. The number of benzene rings is 2. The number of hydrogen-bond donors (Lipinski definition) is 0. The van der Waals surface area contributed by atoms with Crippen LogP contribution in [-0.4, -0.2) is 6.61 Å². The van der Waals surface area contributed by atoms with E-state index in [1.807, 2.05) is 0 Å². The third-order valence-electron chi connectivity index (χ3n) is 5.01. The van der Waals surface area contributed by atoms with Crippen molar-refractivity contribution in [1.82, 2.24) is 0 Å². The van der Waals surface area contributed by atoms with Crippen LogP contribution in [0.4, 0.5) is 0 Å². The molecule has 0 aliphatic rings. The molecule has 0 atom stereocenters. The molecule has 0 aliphatic heterocycles. The number of ether oxygens (including phenoxy) is 1. The molecular weight excluding hydrogens is 316 g/mol. The van der Waals surface area contributed by atoms with Crippen molar-refractivity contribution in [2.45, 2.75) is 78.1 Å². The van der Waals surface area contributed by atoms with Gasteiger partial charge in [0.2, 0.25) is 0 Å². The molecule has 1 nitrogen and oxygen atoms in total. The zero-order valence-electron chi connectivity index (χ0n) is 16.8. The molecule has 142 valence electrons. The minimum Gasteiger partial charge on any atom is -0.494 e. The average Bonchev–Trinajstić information content (AvgIpc) is 2.67. The summed E-state index contributed by atoms with van der Waals surface area (Å²) in [7, 11) is 0. The van der Waals surface area contributed by atoms with Crippen molar-refractivity contribution in [3.63, 3.8) is 0 Å². The monoisotopic (exact) mass is 352 g/mol. The van der Waals surface area contributed by atoms with E-state index in [1.165, 1.54) is 74.5 Å². The van der Waals surface area contributed by atoms with Gasteiger partial charge in [0.05, 0.1) is 6.61 Å². The molecule has 2 aromatic carbocycles. The van der Waals surface area contributed by atoms with Gasteiger partial charge in [0.15, 0.2) is 0 Å². The lowest BCUT2D eigenvalue weighted by atomic mass is 10.0. The predicted octanol–water partition coefficient (Wildman–Crippen LogP) is 7.96. The molecule has 0 heterocycles. The Morgan fingerprint density at radius 3 is 1.58 bits per heavy atom. The number of hydrogen-bond acceptors (Lipinski definition) is 1. The van der Waals surface area contributed by atoms with Gasteiger partial charge in [-0.2, -0.15) is 0 Å². The normalized spacial score (nSPS) is 10.8. The first-order valence-corrected chi connectivity index (χ1v) is 10.6. The van der Waals surface area contributed by atoms with Crippen molar-refractivity contribution in [1.29, 1.82) is 0 Å². The van der Waals surface area contributed by atoms with Crippen molar-refractivity contribution in [3.05, 3.63) is 54.1 Å². The molecule has 0 spiro atoms. The Labute approximate surface area is 160 Å². The Morgan fingerprint density at radius 1 is 0.577 bits per heavy atom. The maximum atomic E-state index is 5.89. The van der Waals surface area contributed by atoms with Crippen LogP contribution in [0.3, 0.4) is 0 Å². The number of rotatable bonds is 13. The predicted molar refractivity (Wildman–Crippen MR) is 114 cm³/mol. The summed E-state index contributed by atoms with van der Waals surface area (Å²) in [5.74, 6) is 0.983. The highest BCUT2D eigenvalue weighted by atomic mass is 16.5. The third-order valence-corrected chi connectivity index (χ3v) is 5.01. The second kappa shape index (κ2) is 12.6. The molecule has 0 radical (unpaired) electrons. The topological polar surface area (TPSA) is 9.23 Å². The lowest BCUT2D eigenvalue weighted by Crippen LogP contribution is -1.97. The van der Waals surface area contributed by atoms with E-state index in [4.69, 9.17) is 4.74 Å². The molecule has 0 saturated heterocycles. The van der Waals surface area contributed by atoms with Crippen LogP contribution in [0.25, 0.3) is 11.1 Å². The molecule has 1 heteroatoms. The molecule has 0 aliphatic carbocycles. The molecular formula is C25H36O. The zero-order valence-corrected chi connectivity index (χ0v) is 16.8. The fourth-order valence-corrected chi connectivity index (χ4v) is 3.27. The summed E-state index contributed by atoms with van der Waals surface area (Å²) in [6.07, 6.45) is 13.6. The van der Waals surface area contributed by atoms with Gasteiger partial charge in [-0.3, -0.25) is 0 Å². The van der Waals surface area contributed by atoms with Gasteiger partial charge in [0.1, 0.15) is 5.75 Å². The fraction of sp³-hybridized carbons (Fsp3) is 0.520. The van der Waals surface area contributed by atoms with Crippen molar-refractivity contribution >= 4 is 0 Å². The van der Waals surface area contributed by atoms with Crippen LogP contribution in [0.2, 0.25) is 0 Å². The molecule has 0 N–H and O–H groups in total. The molecule has 2 rings (SSSR count). The molecule has 0 amide bonds. The van der Waals surface area contributed by atoms with Crippen LogP contribution in [0.15, 0.2) is 48.5 Å². The van der Waals surface area contributed by atoms with Gasteiger partial charge < -0.3 is 4.74 Å². The van der Waals surface area contributed by atoms with Crippen molar-refractivity contribution in [2.24, 2.45) is 0 Å². The second-order valence-corrected chi connectivity index (χ2v) is 7.42. The third kappa shape index (κ3) is 8.08. The van der Waals surface area contributed by atoms with Crippen molar-refractivity contribution < 1.29 is 4.74 Å². The highest BCUT2D eigenvalue weighted by Crippen LogP contribution is 2.23. The van der Waals surface area contributed by atoms with E-state index in [1.54, 1.807) is 0 Å². The smallest absolute Gasteiger partial charge is 0.119 e. The summed E-state index contributed by atoms with van der Waals surface area (Å²) in [6.45, 7) is 5.23. The van der Waals surface area contributed by atoms with Crippen LogP contribution in [0.1, 0.15) is 76.7 Å². The largest absolute Gasteiger partial charge is 0.494 e. The second-order valence-electron chi connectivity index (χ2n) is 7.42. The standard InChI is InChI=1S/C25H36O/c1-3-4-5-6-7-8-9-10-11-12-21-26-25-19-17-24(18-20-25)23-15-13-22(2)14-16-23/h13-20H,3-12,21H2,1-2H3. The minimum absolute atomic E-state index is 0.834. The first-order chi connectivity index (χ1) is 12.8. The van der Waals surface area contributed by atoms with Gasteiger partial charge in [-0.15, -0.1) is 0 Å². The SMILES string of the molecule is CCCCCCCCCCCCOc1ccc(-c2ccc(C)cc2)cc1. The van der Waals surface area contributed by atoms with E-state index < -0.39 is 0 Å². The van der Waals surface area contributed by atoms with Gasteiger partial charge in [-0.25, -0.2) is 0 Å². The maximum Gasteiger partial charge on any atom is 0.119 e. The summed E-state index contributed by atoms with van der Waals surface area (Å²) in [6, 6.07) is 17.1. The number of unbranched alkanes of at least 4 members (excludes halogenated alkanes) is 9. The summed E-state index contributed by atoms with van der Waals surface area (Å²) < 4.78 is 5.89. The fourth-order valence-electron chi connectivity index (χ4n) is 3.27. The first kappa shape index (κ1) is 20.6. The first-order valence-electron chi connectivity index (χ1n) is 10.6. The summed E-state index contributed by atoms with van der Waals surface area (Å²) in [5.41, 5.74) is 3.80. The zero-order chi connectivity index (χ0) is 18.5. The quantitative estimate of drug-likeness (QED) is 0.332. The lowest BCUT2D eigenvalue weighted by molar-refractivity contribution is 0.304. The molecule has 0 saturated carbocycles. The van der Waals surface area contributed by atoms with E-state index in [0.29, 0.717) is 0 Å². The summed E-state index contributed by atoms with van der Waals surface area (Å²) in [4.78, 5) is 0. The van der Waals surface area contributed by atoms with Gasteiger partial charge in [-0.05, 0) is 36.6 Å². The van der Waals surface area contributed by atoms with Crippen LogP contribution in [0, 0.1) is 6.92 Å². The van der Waals surface area contributed by atoms with Crippen LogP contribution in [0.5, 0.6) is 5.75 Å². The van der Waals surface area contributed by atoms with Gasteiger partial charge in [-0.1, -0.05) is 107 Å². The van der Waals surface area contributed by atoms with E-state index >= 15 is 0 Å². The van der Waals surface area contributed by atoms with Gasteiger partial charge in [0.25, 0.3) is 0 Å². The minimum atomic E-state index is 0.834. The number of aryl methyl sites for hydroxylation is 1. The molecule has 0 bridgehead atoms. The Kier molecular flexibility index (Phi) is 9.94. The Hall–Kier alpha value is -1.76. The van der Waals surface area contributed by atoms with Crippen LogP contribution < -0.4 is 4.74 Å². The molecule has 0 fully saturated rings. The Morgan fingerprint density at radius 2 is 1.04 bits per heavy atom. The van der Waals surface area contributed by atoms with Gasteiger partial charge >= 0.3 is 0 Å².